The Morgan fingerprint density at radius 2 is 2.43 bits per heavy atom. The fourth-order valence-corrected chi connectivity index (χ4v) is 1.29. The summed E-state index contributed by atoms with van der Waals surface area (Å²) in [5.74, 6) is -0.329. The molecule has 14 heavy (non-hydrogen) atoms. The molecule has 1 aliphatic rings. The highest BCUT2D eigenvalue weighted by atomic mass is 16.7. The molecule has 0 aromatic heterocycles. The number of amides is 1. The van der Waals surface area contributed by atoms with E-state index >= 15 is 0 Å². The van der Waals surface area contributed by atoms with Crippen molar-refractivity contribution in [1.29, 1.82) is 0 Å². The van der Waals surface area contributed by atoms with Crippen molar-refractivity contribution in [1.82, 2.24) is 5.48 Å². The summed E-state index contributed by atoms with van der Waals surface area (Å²) in [7, 11) is 0. The minimum atomic E-state index is -0.916. The van der Waals surface area contributed by atoms with Crippen molar-refractivity contribution < 1.29 is 24.6 Å². The quantitative estimate of drug-likeness (QED) is 0.491. The van der Waals surface area contributed by atoms with Gasteiger partial charge in [-0.25, -0.2) is 5.48 Å². The summed E-state index contributed by atoms with van der Waals surface area (Å²) in [5, 5.41) is 18.4. The summed E-state index contributed by atoms with van der Waals surface area (Å²) in [4.78, 5) is 15.5. The fraction of sp³-hybridized carbons (Fsp3) is 0.875. The lowest BCUT2D eigenvalue weighted by Crippen LogP contribution is -2.49. The second kappa shape index (κ2) is 5.26. The van der Waals surface area contributed by atoms with E-state index in [9.17, 15) is 9.90 Å². The van der Waals surface area contributed by atoms with Gasteiger partial charge in [-0.2, -0.15) is 0 Å². The monoisotopic (exact) mass is 205 g/mol. The minimum absolute atomic E-state index is 0.263. The maximum absolute atomic E-state index is 10.5. The Morgan fingerprint density at radius 3 is 3.00 bits per heavy atom. The van der Waals surface area contributed by atoms with E-state index in [2.05, 4.69) is 5.48 Å². The molecule has 0 aromatic rings. The van der Waals surface area contributed by atoms with E-state index in [1.54, 1.807) is 0 Å². The molecule has 0 bridgehead atoms. The van der Waals surface area contributed by atoms with Crippen LogP contribution < -0.4 is 5.48 Å². The van der Waals surface area contributed by atoms with Gasteiger partial charge in [0, 0.05) is 20.0 Å². The minimum Gasteiger partial charge on any atom is -0.394 e. The van der Waals surface area contributed by atoms with E-state index in [4.69, 9.17) is 14.7 Å². The van der Waals surface area contributed by atoms with Crippen LogP contribution in [0.25, 0.3) is 0 Å². The van der Waals surface area contributed by atoms with Crippen molar-refractivity contribution >= 4 is 5.91 Å². The third-order valence-electron chi connectivity index (χ3n) is 2.03. The highest BCUT2D eigenvalue weighted by Crippen LogP contribution is 2.16. The third-order valence-corrected chi connectivity index (χ3v) is 2.03. The van der Waals surface area contributed by atoms with Crippen LogP contribution in [0.15, 0.2) is 0 Å². The van der Waals surface area contributed by atoms with Crippen LogP contribution in [0.3, 0.4) is 0 Å². The standard InChI is InChI=1S/C8H15NO5/c1-5(11)9-14-6-2-3-13-7(4-10)8(6)12/h6-8,10,12H,2-4H2,1H3,(H,9,11)/t6-,7-,8+/m1/s1. The lowest BCUT2D eigenvalue weighted by Gasteiger charge is -2.32. The first-order chi connectivity index (χ1) is 6.65. The zero-order chi connectivity index (χ0) is 10.6. The molecule has 1 rings (SSSR count). The Morgan fingerprint density at radius 1 is 1.71 bits per heavy atom. The van der Waals surface area contributed by atoms with E-state index < -0.39 is 18.3 Å². The van der Waals surface area contributed by atoms with Gasteiger partial charge < -0.3 is 14.9 Å². The molecule has 1 saturated heterocycles. The molecule has 1 amide bonds. The number of rotatable bonds is 3. The average Bonchev–Trinajstić information content (AvgIpc) is 2.16. The second-order valence-corrected chi connectivity index (χ2v) is 3.19. The van der Waals surface area contributed by atoms with Gasteiger partial charge in [-0.15, -0.1) is 0 Å². The Bertz CT molecular complexity index is 198. The number of carbonyl (C=O) groups is 1. The number of hydrogen-bond donors (Lipinski definition) is 3. The largest absolute Gasteiger partial charge is 0.394 e. The number of carbonyl (C=O) groups excluding carboxylic acids is 1. The maximum atomic E-state index is 10.5. The SMILES string of the molecule is CC(=O)NO[C@@H]1CCO[C@H](CO)[C@H]1O. The van der Waals surface area contributed by atoms with Gasteiger partial charge in [0.1, 0.15) is 18.3 Å². The molecule has 6 heteroatoms. The van der Waals surface area contributed by atoms with Crippen LogP contribution in [0.5, 0.6) is 0 Å². The van der Waals surface area contributed by atoms with Crippen LogP contribution in [0.1, 0.15) is 13.3 Å². The zero-order valence-electron chi connectivity index (χ0n) is 7.97. The molecule has 1 aliphatic heterocycles. The van der Waals surface area contributed by atoms with E-state index in [0.717, 1.165) is 0 Å². The summed E-state index contributed by atoms with van der Waals surface area (Å²) >= 11 is 0. The Hall–Kier alpha value is -0.690. The molecule has 0 saturated carbocycles. The lowest BCUT2D eigenvalue weighted by molar-refractivity contribution is -0.187. The van der Waals surface area contributed by atoms with E-state index in [-0.39, 0.29) is 12.5 Å². The highest BCUT2D eigenvalue weighted by molar-refractivity contribution is 5.71. The second-order valence-electron chi connectivity index (χ2n) is 3.19. The van der Waals surface area contributed by atoms with Gasteiger partial charge in [0.25, 0.3) is 0 Å². The predicted octanol–water partition coefficient (Wildman–Crippen LogP) is -1.44. The normalized spacial score (nSPS) is 32.6. The summed E-state index contributed by atoms with van der Waals surface area (Å²) in [6.45, 7) is 1.45. The van der Waals surface area contributed by atoms with Gasteiger partial charge in [-0.1, -0.05) is 0 Å². The smallest absolute Gasteiger partial charge is 0.240 e. The molecule has 0 unspecified atom stereocenters. The van der Waals surface area contributed by atoms with Gasteiger partial charge in [-0.3, -0.25) is 9.63 Å². The summed E-state index contributed by atoms with van der Waals surface area (Å²) < 4.78 is 5.08. The zero-order valence-corrected chi connectivity index (χ0v) is 7.97. The van der Waals surface area contributed by atoms with Gasteiger partial charge >= 0.3 is 0 Å². The molecule has 1 fully saturated rings. The molecule has 6 nitrogen and oxygen atoms in total. The van der Waals surface area contributed by atoms with Crippen LogP contribution in [-0.4, -0.2) is 47.6 Å². The van der Waals surface area contributed by atoms with Crippen LogP contribution in [0.2, 0.25) is 0 Å². The molecule has 0 radical (unpaired) electrons. The van der Waals surface area contributed by atoms with Gasteiger partial charge in [-0.05, 0) is 0 Å². The molecule has 0 spiro atoms. The van der Waals surface area contributed by atoms with Gasteiger partial charge in [0.2, 0.25) is 5.91 Å². The molecule has 82 valence electrons. The molecule has 3 N–H and O–H groups in total. The summed E-state index contributed by atoms with van der Waals surface area (Å²) in [5.41, 5.74) is 2.15. The molecular formula is C8H15NO5. The van der Waals surface area contributed by atoms with Crippen molar-refractivity contribution in [2.75, 3.05) is 13.2 Å². The van der Waals surface area contributed by atoms with Crippen molar-refractivity contribution in [2.24, 2.45) is 0 Å². The number of hydrogen-bond acceptors (Lipinski definition) is 5. The van der Waals surface area contributed by atoms with E-state index in [1.165, 1.54) is 6.92 Å². The Balaban J connectivity index is 2.39. The fourth-order valence-electron chi connectivity index (χ4n) is 1.29. The van der Waals surface area contributed by atoms with Crippen molar-refractivity contribution in [3.05, 3.63) is 0 Å². The summed E-state index contributed by atoms with van der Waals surface area (Å²) in [6.07, 6.45) is -1.59. The highest BCUT2D eigenvalue weighted by Gasteiger charge is 2.33. The van der Waals surface area contributed by atoms with Crippen LogP contribution in [0, 0.1) is 0 Å². The number of hydroxylamine groups is 1. The van der Waals surface area contributed by atoms with Crippen LogP contribution in [0.4, 0.5) is 0 Å². The number of aliphatic hydroxyl groups is 2. The van der Waals surface area contributed by atoms with E-state index in [0.29, 0.717) is 13.0 Å². The molecule has 3 atom stereocenters. The summed E-state index contributed by atoms with van der Waals surface area (Å²) in [6, 6.07) is 0. The number of ether oxygens (including phenoxy) is 1. The first kappa shape index (κ1) is 11.4. The predicted molar refractivity (Wildman–Crippen MR) is 46.1 cm³/mol. The van der Waals surface area contributed by atoms with Crippen LogP contribution >= 0.6 is 0 Å². The molecule has 0 aliphatic carbocycles. The average molecular weight is 205 g/mol. The van der Waals surface area contributed by atoms with Crippen molar-refractivity contribution in [2.45, 2.75) is 31.7 Å². The van der Waals surface area contributed by atoms with Gasteiger partial charge in [0.15, 0.2) is 0 Å². The number of aliphatic hydroxyl groups excluding tert-OH is 2. The third kappa shape index (κ3) is 2.91. The van der Waals surface area contributed by atoms with Gasteiger partial charge in [0.05, 0.1) is 6.61 Å². The van der Waals surface area contributed by atoms with Crippen LogP contribution in [-0.2, 0) is 14.4 Å². The Kier molecular flexibility index (Phi) is 4.27. The first-order valence-electron chi connectivity index (χ1n) is 4.48. The maximum Gasteiger partial charge on any atom is 0.240 e. The number of nitrogens with one attached hydrogen (secondary N) is 1. The topological polar surface area (TPSA) is 88.0 Å². The Labute approximate surface area is 81.8 Å². The molecular weight excluding hydrogens is 190 g/mol. The van der Waals surface area contributed by atoms with Crippen molar-refractivity contribution in [3.8, 4) is 0 Å². The van der Waals surface area contributed by atoms with Crippen molar-refractivity contribution in [3.63, 3.8) is 0 Å². The lowest BCUT2D eigenvalue weighted by atomic mass is 10.0. The first-order valence-corrected chi connectivity index (χ1v) is 4.48. The van der Waals surface area contributed by atoms with E-state index in [1.807, 2.05) is 0 Å². The molecule has 0 aromatic carbocycles. The molecule has 1 heterocycles.